The van der Waals surface area contributed by atoms with Gasteiger partial charge in [0, 0.05) is 11.8 Å². The van der Waals surface area contributed by atoms with E-state index in [1.165, 1.54) is 16.7 Å². The molecule has 3 heterocycles. The number of aromatic amines is 1. The summed E-state index contributed by atoms with van der Waals surface area (Å²) in [7, 11) is 0. The third kappa shape index (κ3) is 1.85. The summed E-state index contributed by atoms with van der Waals surface area (Å²) >= 11 is 0. The number of nitrogens with one attached hydrogen (secondary N) is 2. The van der Waals surface area contributed by atoms with Crippen molar-refractivity contribution in [3.8, 4) is 5.75 Å². The summed E-state index contributed by atoms with van der Waals surface area (Å²) in [5.41, 5.74) is 4.50. The summed E-state index contributed by atoms with van der Waals surface area (Å²) in [4.78, 5) is 11.7. The summed E-state index contributed by atoms with van der Waals surface area (Å²) < 4.78 is 5.87. The van der Waals surface area contributed by atoms with Gasteiger partial charge in [-0.05, 0) is 31.0 Å². The van der Waals surface area contributed by atoms with Crippen molar-refractivity contribution in [1.82, 2.24) is 15.0 Å². The molecule has 0 aliphatic carbocycles. The highest BCUT2D eigenvalue weighted by atomic mass is 16.5. The van der Waals surface area contributed by atoms with Gasteiger partial charge in [-0.15, -0.1) is 0 Å². The van der Waals surface area contributed by atoms with Gasteiger partial charge in [0.05, 0.1) is 11.4 Å². The molecule has 106 valence electrons. The zero-order valence-corrected chi connectivity index (χ0v) is 12.0. The molecule has 5 heteroatoms. The normalized spacial score (nSPS) is 16.8. The smallest absolute Gasteiger partial charge is 0.142 e. The minimum absolute atomic E-state index is 0.118. The van der Waals surface area contributed by atoms with Crippen molar-refractivity contribution in [3.05, 3.63) is 47.4 Å². The van der Waals surface area contributed by atoms with E-state index < -0.39 is 0 Å². The van der Waals surface area contributed by atoms with Crippen LogP contribution in [0.25, 0.3) is 11.0 Å². The minimum atomic E-state index is 0.118. The fraction of sp³-hybridized carbons (Fsp3) is 0.250. The van der Waals surface area contributed by atoms with Gasteiger partial charge in [0.25, 0.3) is 0 Å². The van der Waals surface area contributed by atoms with Gasteiger partial charge in [0.2, 0.25) is 0 Å². The first-order valence-electron chi connectivity index (χ1n) is 7.01. The molecule has 0 amide bonds. The molecule has 1 atom stereocenters. The first-order valence-corrected chi connectivity index (χ1v) is 7.01. The van der Waals surface area contributed by atoms with Gasteiger partial charge in [-0.25, -0.2) is 9.97 Å². The molecule has 5 nitrogen and oxygen atoms in total. The Morgan fingerprint density at radius 3 is 3.05 bits per heavy atom. The maximum absolute atomic E-state index is 5.87. The number of fused-ring (bicyclic) bond motifs is 2. The third-order valence-corrected chi connectivity index (χ3v) is 4.14. The quantitative estimate of drug-likeness (QED) is 0.757. The maximum Gasteiger partial charge on any atom is 0.142 e. The van der Waals surface area contributed by atoms with Gasteiger partial charge in [-0.1, -0.05) is 12.1 Å². The number of aryl methyl sites for hydroxylation is 1. The Bertz CT molecular complexity index is 824. The maximum atomic E-state index is 5.87. The Hall–Kier alpha value is -2.56. The lowest BCUT2D eigenvalue weighted by molar-refractivity contribution is 0.337. The number of benzene rings is 1. The molecule has 4 rings (SSSR count). The van der Waals surface area contributed by atoms with Gasteiger partial charge in [0.15, 0.2) is 0 Å². The van der Waals surface area contributed by atoms with E-state index in [0.29, 0.717) is 6.61 Å². The molecule has 1 unspecified atom stereocenters. The van der Waals surface area contributed by atoms with Crippen LogP contribution in [-0.4, -0.2) is 21.6 Å². The fourth-order valence-corrected chi connectivity index (χ4v) is 2.81. The lowest BCUT2D eigenvalue weighted by Crippen LogP contribution is -2.13. The summed E-state index contributed by atoms with van der Waals surface area (Å²) in [6, 6.07) is 6.38. The van der Waals surface area contributed by atoms with Gasteiger partial charge in [-0.2, -0.15) is 0 Å². The number of rotatable bonds is 2. The molecule has 1 aliphatic heterocycles. The van der Waals surface area contributed by atoms with E-state index in [4.69, 9.17) is 4.74 Å². The van der Waals surface area contributed by atoms with Crippen LogP contribution in [0.5, 0.6) is 5.75 Å². The van der Waals surface area contributed by atoms with Crippen LogP contribution in [0.4, 0.5) is 5.82 Å². The molecule has 21 heavy (non-hydrogen) atoms. The highest BCUT2D eigenvalue weighted by Gasteiger charge is 2.26. The molecular weight excluding hydrogens is 264 g/mol. The van der Waals surface area contributed by atoms with Crippen LogP contribution in [0.15, 0.2) is 30.7 Å². The molecule has 0 saturated carbocycles. The van der Waals surface area contributed by atoms with Crippen LogP contribution in [0.2, 0.25) is 0 Å². The second-order valence-corrected chi connectivity index (χ2v) is 5.40. The molecule has 2 aromatic heterocycles. The molecular formula is C16H16N4O. The van der Waals surface area contributed by atoms with Crippen molar-refractivity contribution in [1.29, 1.82) is 0 Å². The fourth-order valence-electron chi connectivity index (χ4n) is 2.81. The predicted molar refractivity (Wildman–Crippen MR) is 81.7 cm³/mol. The molecule has 0 saturated heterocycles. The molecule has 0 spiro atoms. The predicted octanol–water partition coefficient (Wildman–Crippen LogP) is 3.12. The van der Waals surface area contributed by atoms with E-state index in [1.54, 1.807) is 6.33 Å². The number of hydrogen-bond donors (Lipinski definition) is 2. The zero-order valence-electron chi connectivity index (χ0n) is 12.0. The van der Waals surface area contributed by atoms with Crippen LogP contribution >= 0.6 is 0 Å². The summed E-state index contributed by atoms with van der Waals surface area (Å²) in [5, 5.41) is 4.47. The lowest BCUT2D eigenvalue weighted by Gasteiger charge is -2.13. The van der Waals surface area contributed by atoms with Crippen molar-refractivity contribution < 1.29 is 4.74 Å². The minimum Gasteiger partial charge on any atom is -0.490 e. The number of H-pyrrole nitrogens is 1. The van der Waals surface area contributed by atoms with E-state index >= 15 is 0 Å². The van der Waals surface area contributed by atoms with Gasteiger partial charge >= 0.3 is 0 Å². The van der Waals surface area contributed by atoms with Gasteiger partial charge < -0.3 is 15.0 Å². The van der Waals surface area contributed by atoms with E-state index in [1.807, 2.05) is 12.3 Å². The second kappa shape index (κ2) is 4.48. The van der Waals surface area contributed by atoms with Crippen molar-refractivity contribution in [3.63, 3.8) is 0 Å². The number of ether oxygens (including phenoxy) is 1. The lowest BCUT2D eigenvalue weighted by atomic mass is 10.0. The van der Waals surface area contributed by atoms with Crippen LogP contribution in [0.1, 0.15) is 22.7 Å². The van der Waals surface area contributed by atoms with Crippen molar-refractivity contribution >= 4 is 16.9 Å². The summed E-state index contributed by atoms with van der Waals surface area (Å²) in [6.07, 6.45) is 3.44. The topological polar surface area (TPSA) is 62.8 Å². The van der Waals surface area contributed by atoms with E-state index in [9.17, 15) is 0 Å². The van der Waals surface area contributed by atoms with Crippen LogP contribution in [0.3, 0.4) is 0 Å². The van der Waals surface area contributed by atoms with Crippen LogP contribution < -0.4 is 10.1 Å². The van der Waals surface area contributed by atoms with Crippen LogP contribution in [-0.2, 0) is 0 Å². The first kappa shape index (κ1) is 12.2. The highest BCUT2D eigenvalue weighted by Crippen LogP contribution is 2.38. The Labute approximate surface area is 122 Å². The Morgan fingerprint density at radius 1 is 1.24 bits per heavy atom. The largest absolute Gasteiger partial charge is 0.490 e. The Morgan fingerprint density at radius 2 is 2.14 bits per heavy atom. The molecule has 0 fully saturated rings. The number of anilines is 1. The Balaban J connectivity index is 1.72. The number of aromatic nitrogens is 3. The second-order valence-electron chi connectivity index (χ2n) is 5.40. The molecule has 3 aromatic rings. The molecule has 2 N–H and O–H groups in total. The van der Waals surface area contributed by atoms with Crippen molar-refractivity contribution in [2.45, 2.75) is 19.9 Å². The van der Waals surface area contributed by atoms with Gasteiger partial charge in [0.1, 0.15) is 30.1 Å². The summed E-state index contributed by atoms with van der Waals surface area (Å²) in [6.45, 7) is 4.83. The highest BCUT2D eigenvalue weighted by molar-refractivity contribution is 5.86. The molecule has 0 radical (unpaired) electrons. The van der Waals surface area contributed by atoms with E-state index in [-0.39, 0.29) is 6.04 Å². The zero-order chi connectivity index (χ0) is 14.4. The van der Waals surface area contributed by atoms with E-state index in [2.05, 4.69) is 46.2 Å². The molecule has 1 aliphatic rings. The van der Waals surface area contributed by atoms with Crippen molar-refractivity contribution in [2.24, 2.45) is 0 Å². The molecule has 0 bridgehead atoms. The average Bonchev–Trinajstić information content (AvgIpc) is 3.11. The van der Waals surface area contributed by atoms with Crippen molar-refractivity contribution in [2.75, 3.05) is 11.9 Å². The number of hydrogen-bond acceptors (Lipinski definition) is 4. The average molecular weight is 280 g/mol. The number of nitrogens with zero attached hydrogens (tertiary/aromatic N) is 2. The van der Waals surface area contributed by atoms with E-state index in [0.717, 1.165) is 22.6 Å². The summed E-state index contributed by atoms with van der Waals surface area (Å²) in [5.74, 6) is 1.84. The van der Waals surface area contributed by atoms with Gasteiger partial charge in [-0.3, -0.25) is 0 Å². The Kier molecular flexibility index (Phi) is 2.60. The standard InChI is InChI=1S/C16H16N4O/c1-9-3-4-11-13(7-21-14(11)10(9)2)20-16-12-5-6-17-15(12)18-8-19-16/h3-6,8,13H,7H2,1-2H3,(H2,17,18,19,20). The molecule has 1 aromatic carbocycles. The first-order chi connectivity index (χ1) is 10.2. The SMILES string of the molecule is Cc1ccc2c(c1C)OCC2Nc1ncnc2[nH]ccc12. The third-order valence-electron chi connectivity index (χ3n) is 4.14. The monoisotopic (exact) mass is 280 g/mol. The van der Waals surface area contributed by atoms with Crippen LogP contribution in [0, 0.1) is 13.8 Å².